The quantitative estimate of drug-likeness (QED) is 0.780. The van der Waals surface area contributed by atoms with Gasteiger partial charge in [-0.1, -0.05) is 30.3 Å². The lowest BCUT2D eigenvalue weighted by Gasteiger charge is -2.49. The maximum absolute atomic E-state index is 11.2. The van der Waals surface area contributed by atoms with Crippen LogP contribution < -0.4 is 0 Å². The Labute approximate surface area is 120 Å². The first-order valence-corrected chi connectivity index (χ1v) is 6.68. The molecule has 0 radical (unpaired) electrons. The standard InChI is InChI=1S/C15H19NO2.ClH/c1-11(17)18-15-10-16-8-7-13(15)14(9-16)12-5-3-2-4-6-12;/h2-6,13-15H,7-10H2,1H3;1H/t13?,14-,15+;/m1./s1. The molecule has 3 nitrogen and oxygen atoms in total. The molecule has 0 N–H and O–H groups in total. The lowest BCUT2D eigenvalue weighted by atomic mass is 9.74. The second-order valence-electron chi connectivity index (χ2n) is 5.38. The second kappa shape index (κ2) is 5.93. The van der Waals surface area contributed by atoms with Gasteiger partial charge in [-0.2, -0.15) is 0 Å². The van der Waals surface area contributed by atoms with E-state index in [1.54, 1.807) is 0 Å². The number of fused-ring (bicyclic) bond motifs is 3. The van der Waals surface area contributed by atoms with Crippen LogP contribution in [0.5, 0.6) is 0 Å². The zero-order valence-electron chi connectivity index (χ0n) is 11.1. The Balaban J connectivity index is 0.00000133. The third kappa shape index (κ3) is 2.93. The van der Waals surface area contributed by atoms with Gasteiger partial charge in [-0.3, -0.25) is 9.69 Å². The second-order valence-corrected chi connectivity index (χ2v) is 5.38. The van der Waals surface area contributed by atoms with Gasteiger partial charge in [-0.25, -0.2) is 0 Å². The van der Waals surface area contributed by atoms with Crippen molar-refractivity contribution in [3.05, 3.63) is 35.9 Å². The Morgan fingerprint density at radius 3 is 2.63 bits per heavy atom. The summed E-state index contributed by atoms with van der Waals surface area (Å²) < 4.78 is 5.50. The van der Waals surface area contributed by atoms with E-state index in [9.17, 15) is 4.79 Å². The fourth-order valence-corrected chi connectivity index (χ4v) is 3.43. The molecule has 3 fully saturated rings. The summed E-state index contributed by atoms with van der Waals surface area (Å²) in [7, 11) is 0. The van der Waals surface area contributed by atoms with E-state index in [1.807, 2.05) is 0 Å². The van der Waals surface area contributed by atoms with Crippen LogP contribution in [0.4, 0.5) is 0 Å². The number of hydrogen-bond donors (Lipinski definition) is 0. The summed E-state index contributed by atoms with van der Waals surface area (Å²) in [5, 5.41) is 0. The predicted molar refractivity (Wildman–Crippen MR) is 76.5 cm³/mol. The van der Waals surface area contributed by atoms with E-state index in [0.29, 0.717) is 11.8 Å². The Morgan fingerprint density at radius 1 is 1.26 bits per heavy atom. The van der Waals surface area contributed by atoms with E-state index in [0.717, 1.165) is 26.1 Å². The van der Waals surface area contributed by atoms with Gasteiger partial charge < -0.3 is 4.74 Å². The number of carbonyl (C=O) groups excluding carboxylic acids is 1. The van der Waals surface area contributed by atoms with Crippen molar-refractivity contribution in [1.82, 2.24) is 4.90 Å². The molecule has 19 heavy (non-hydrogen) atoms. The summed E-state index contributed by atoms with van der Waals surface area (Å²) >= 11 is 0. The van der Waals surface area contributed by atoms with Crippen LogP contribution in [0, 0.1) is 5.92 Å². The molecule has 4 rings (SSSR count). The molecule has 0 aliphatic carbocycles. The average molecular weight is 282 g/mol. The van der Waals surface area contributed by atoms with Crippen molar-refractivity contribution in [2.75, 3.05) is 19.6 Å². The van der Waals surface area contributed by atoms with Crippen molar-refractivity contribution in [3.8, 4) is 0 Å². The molecule has 1 aromatic carbocycles. The van der Waals surface area contributed by atoms with E-state index in [2.05, 4.69) is 35.2 Å². The zero-order chi connectivity index (χ0) is 12.5. The molecular weight excluding hydrogens is 262 g/mol. The first-order valence-electron chi connectivity index (χ1n) is 6.68. The summed E-state index contributed by atoms with van der Waals surface area (Å²) in [5.74, 6) is 0.847. The predicted octanol–water partition coefficient (Wildman–Crippen LogP) is 2.46. The number of ether oxygens (including phenoxy) is 1. The highest BCUT2D eigenvalue weighted by atomic mass is 35.5. The van der Waals surface area contributed by atoms with E-state index in [-0.39, 0.29) is 24.5 Å². The van der Waals surface area contributed by atoms with E-state index in [4.69, 9.17) is 4.74 Å². The lowest BCUT2D eigenvalue weighted by molar-refractivity contribution is -0.157. The van der Waals surface area contributed by atoms with Crippen LogP contribution in [0.25, 0.3) is 0 Å². The molecule has 104 valence electrons. The minimum Gasteiger partial charge on any atom is -0.461 e. The molecule has 3 heterocycles. The number of benzene rings is 1. The number of nitrogens with zero attached hydrogens (tertiary/aromatic N) is 1. The number of rotatable bonds is 2. The number of carbonyl (C=O) groups is 1. The summed E-state index contributed by atoms with van der Waals surface area (Å²) in [4.78, 5) is 13.6. The van der Waals surface area contributed by atoms with Gasteiger partial charge in [0.25, 0.3) is 0 Å². The van der Waals surface area contributed by atoms with Gasteiger partial charge >= 0.3 is 5.97 Å². The van der Waals surface area contributed by atoms with Crippen molar-refractivity contribution in [1.29, 1.82) is 0 Å². The smallest absolute Gasteiger partial charge is 0.302 e. The Hall–Kier alpha value is -1.06. The zero-order valence-corrected chi connectivity index (χ0v) is 11.9. The van der Waals surface area contributed by atoms with Crippen LogP contribution in [0.3, 0.4) is 0 Å². The molecule has 2 unspecified atom stereocenters. The van der Waals surface area contributed by atoms with E-state index >= 15 is 0 Å². The molecule has 3 aliphatic heterocycles. The highest BCUT2D eigenvalue weighted by Crippen LogP contribution is 2.40. The molecule has 3 saturated heterocycles. The van der Waals surface area contributed by atoms with Gasteiger partial charge in [0.15, 0.2) is 0 Å². The van der Waals surface area contributed by atoms with Gasteiger partial charge in [0, 0.05) is 31.8 Å². The highest BCUT2D eigenvalue weighted by molar-refractivity contribution is 5.85. The van der Waals surface area contributed by atoms with Gasteiger partial charge in [0.1, 0.15) is 6.10 Å². The highest BCUT2D eigenvalue weighted by Gasteiger charge is 2.43. The van der Waals surface area contributed by atoms with Crippen molar-refractivity contribution in [2.24, 2.45) is 5.92 Å². The molecule has 0 aromatic heterocycles. The summed E-state index contributed by atoms with van der Waals surface area (Å²) in [6.45, 7) is 4.67. The monoisotopic (exact) mass is 281 g/mol. The van der Waals surface area contributed by atoms with Crippen LogP contribution in [0.2, 0.25) is 0 Å². The first kappa shape index (κ1) is 14.4. The van der Waals surface area contributed by atoms with Crippen molar-refractivity contribution in [2.45, 2.75) is 25.4 Å². The number of esters is 1. The minimum atomic E-state index is -0.152. The van der Waals surface area contributed by atoms with Gasteiger partial charge in [-0.15, -0.1) is 12.4 Å². The molecule has 1 aromatic rings. The average Bonchev–Trinajstić information content (AvgIpc) is 2.39. The molecule has 4 heteroatoms. The summed E-state index contributed by atoms with van der Waals surface area (Å²) in [6.07, 6.45) is 1.22. The Kier molecular flexibility index (Phi) is 4.48. The molecule has 0 amide bonds. The molecule has 3 aliphatic rings. The van der Waals surface area contributed by atoms with Gasteiger partial charge in [0.2, 0.25) is 0 Å². The number of piperidine rings is 3. The van der Waals surface area contributed by atoms with E-state index < -0.39 is 0 Å². The fraction of sp³-hybridized carbons (Fsp3) is 0.533. The number of halogens is 1. The van der Waals surface area contributed by atoms with Crippen LogP contribution in [0.1, 0.15) is 24.8 Å². The molecule has 0 spiro atoms. The van der Waals surface area contributed by atoms with Gasteiger partial charge in [0.05, 0.1) is 0 Å². The van der Waals surface area contributed by atoms with Crippen LogP contribution in [-0.2, 0) is 9.53 Å². The van der Waals surface area contributed by atoms with Crippen molar-refractivity contribution < 1.29 is 9.53 Å². The third-order valence-corrected chi connectivity index (χ3v) is 4.21. The summed E-state index contributed by atoms with van der Waals surface area (Å²) in [5.41, 5.74) is 1.38. The van der Waals surface area contributed by atoms with Crippen molar-refractivity contribution in [3.63, 3.8) is 0 Å². The maximum Gasteiger partial charge on any atom is 0.302 e. The van der Waals surface area contributed by atoms with Crippen LogP contribution >= 0.6 is 12.4 Å². The Morgan fingerprint density at radius 2 is 2.00 bits per heavy atom. The van der Waals surface area contributed by atoms with Crippen LogP contribution in [-0.4, -0.2) is 36.6 Å². The topological polar surface area (TPSA) is 29.5 Å². The SMILES string of the molecule is CC(=O)O[C@H]1CN2CCC1[C@@H](c1ccccc1)C2.Cl. The van der Waals surface area contributed by atoms with E-state index in [1.165, 1.54) is 12.5 Å². The van der Waals surface area contributed by atoms with Crippen molar-refractivity contribution >= 4 is 18.4 Å². The largest absolute Gasteiger partial charge is 0.461 e. The maximum atomic E-state index is 11.2. The third-order valence-electron chi connectivity index (χ3n) is 4.21. The molecule has 2 bridgehead atoms. The molecule has 0 saturated carbocycles. The molecule has 4 atom stereocenters. The van der Waals surface area contributed by atoms with Crippen LogP contribution in [0.15, 0.2) is 30.3 Å². The normalized spacial score (nSPS) is 32.5. The Bertz CT molecular complexity index is 437. The van der Waals surface area contributed by atoms with Gasteiger partial charge in [-0.05, 0) is 18.5 Å². The lowest BCUT2D eigenvalue weighted by Crippen LogP contribution is -2.55. The number of hydrogen-bond acceptors (Lipinski definition) is 3. The first-order chi connectivity index (χ1) is 8.74. The fourth-order valence-electron chi connectivity index (χ4n) is 3.43. The summed E-state index contributed by atoms with van der Waals surface area (Å²) in [6, 6.07) is 10.6. The minimum absolute atomic E-state index is 0. The molecular formula is C15H20ClNO2.